The van der Waals surface area contributed by atoms with Crippen molar-refractivity contribution in [2.45, 2.75) is 32.9 Å². The first kappa shape index (κ1) is 20.1. The van der Waals surface area contributed by atoms with Crippen molar-refractivity contribution in [3.05, 3.63) is 58.1 Å². The van der Waals surface area contributed by atoms with Gasteiger partial charge in [-0.1, -0.05) is 37.6 Å². The summed E-state index contributed by atoms with van der Waals surface area (Å²) in [7, 11) is 0. The second kappa shape index (κ2) is 7.99. The summed E-state index contributed by atoms with van der Waals surface area (Å²) in [5.41, 5.74) is 0.404. The fourth-order valence-corrected chi connectivity index (χ4v) is 2.59. The average Bonchev–Trinajstić information content (AvgIpc) is 2.55. The molecule has 2 aromatic carbocycles. The summed E-state index contributed by atoms with van der Waals surface area (Å²) in [5.74, 6) is -0.0812. The monoisotopic (exact) mass is 385 g/mol. The molecule has 0 saturated heterocycles. The Hall–Kier alpha value is -2.21. The quantitative estimate of drug-likeness (QED) is 0.705. The summed E-state index contributed by atoms with van der Waals surface area (Å²) >= 11 is 6.12. The van der Waals surface area contributed by atoms with Crippen LogP contribution in [0.1, 0.15) is 36.5 Å². The Morgan fingerprint density at radius 3 is 2.50 bits per heavy atom. The first-order valence-corrected chi connectivity index (χ1v) is 8.36. The fourth-order valence-electron chi connectivity index (χ4n) is 2.42. The van der Waals surface area contributed by atoms with E-state index in [-0.39, 0.29) is 11.6 Å². The van der Waals surface area contributed by atoms with Gasteiger partial charge in [-0.05, 0) is 48.2 Å². The third-order valence-electron chi connectivity index (χ3n) is 3.78. The molecule has 0 aliphatic heterocycles. The fraction of sp³-hybridized carbons (Fsp3) is 0.316. The number of nitrogens with one attached hydrogen (secondary N) is 1. The van der Waals surface area contributed by atoms with Crippen LogP contribution in [-0.2, 0) is 11.0 Å². The van der Waals surface area contributed by atoms with Gasteiger partial charge in [0.25, 0.3) is 5.91 Å². The predicted octanol–water partition coefficient (Wildman–Crippen LogP) is 5.81. The van der Waals surface area contributed by atoms with Crippen LogP contribution in [-0.4, -0.2) is 12.5 Å². The molecule has 0 unspecified atom stereocenters. The van der Waals surface area contributed by atoms with Crippen LogP contribution < -0.4 is 10.1 Å². The highest BCUT2D eigenvalue weighted by atomic mass is 35.5. The van der Waals surface area contributed by atoms with Crippen molar-refractivity contribution in [1.82, 2.24) is 0 Å². The van der Waals surface area contributed by atoms with Gasteiger partial charge in [0.05, 0.1) is 11.3 Å². The third-order valence-corrected chi connectivity index (χ3v) is 4.19. The number of para-hydroxylation sites is 1. The molecule has 0 aromatic heterocycles. The van der Waals surface area contributed by atoms with Crippen molar-refractivity contribution in [2.24, 2.45) is 0 Å². The number of benzene rings is 2. The average molecular weight is 386 g/mol. The van der Waals surface area contributed by atoms with E-state index in [1.807, 2.05) is 13.8 Å². The van der Waals surface area contributed by atoms with E-state index in [4.69, 9.17) is 16.3 Å². The number of carbonyl (C=O) groups is 1. The number of hydrogen-bond donors (Lipinski definition) is 1. The maximum atomic E-state index is 13.0. The Morgan fingerprint density at radius 1 is 1.23 bits per heavy atom. The Kier molecular flexibility index (Phi) is 6.18. The van der Waals surface area contributed by atoms with E-state index in [0.717, 1.165) is 17.2 Å². The predicted molar refractivity (Wildman–Crippen MR) is 95.8 cm³/mol. The molecular formula is C19H19ClF3NO2. The van der Waals surface area contributed by atoms with Crippen molar-refractivity contribution < 1.29 is 22.7 Å². The molecule has 1 amide bonds. The van der Waals surface area contributed by atoms with Gasteiger partial charge in [0.1, 0.15) is 5.75 Å². The summed E-state index contributed by atoms with van der Waals surface area (Å²) in [5, 5.41) is 2.84. The number of halogens is 4. The molecule has 0 atom stereocenters. The molecule has 2 aromatic rings. The molecule has 1 N–H and O–H groups in total. The first-order chi connectivity index (χ1) is 12.1. The van der Waals surface area contributed by atoms with E-state index in [1.54, 1.807) is 19.1 Å². The van der Waals surface area contributed by atoms with Gasteiger partial charge >= 0.3 is 6.18 Å². The van der Waals surface area contributed by atoms with Gasteiger partial charge in [-0.3, -0.25) is 4.79 Å². The molecule has 0 saturated carbocycles. The smallest absolute Gasteiger partial charge is 0.418 e. The minimum atomic E-state index is -4.55. The second-order valence-corrected chi connectivity index (χ2v) is 6.58. The second-order valence-electron chi connectivity index (χ2n) is 6.17. The Morgan fingerprint density at radius 2 is 1.88 bits per heavy atom. The van der Waals surface area contributed by atoms with Gasteiger partial charge in [0.2, 0.25) is 0 Å². The van der Waals surface area contributed by atoms with E-state index in [0.29, 0.717) is 10.8 Å². The molecule has 0 radical (unpaired) electrons. The van der Waals surface area contributed by atoms with Gasteiger partial charge in [0, 0.05) is 5.02 Å². The Labute approximate surface area is 155 Å². The molecule has 140 valence electrons. The minimum Gasteiger partial charge on any atom is -0.483 e. The number of alkyl halides is 3. The summed E-state index contributed by atoms with van der Waals surface area (Å²) in [4.78, 5) is 12.1. The maximum Gasteiger partial charge on any atom is 0.418 e. The van der Waals surface area contributed by atoms with Crippen LogP contribution in [0, 0.1) is 6.92 Å². The third kappa shape index (κ3) is 4.91. The molecular weight excluding hydrogens is 367 g/mol. The van der Waals surface area contributed by atoms with Crippen molar-refractivity contribution in [3.8, 4) is 5.75 Å². The largest absolute Gasteiger partial charge is 0.483 e. The van der Waals surface area contributed by atoms with Crippen LogP contribution in [0.5, 0.6) is 5.75 Å². The lowest BCUT2D eigenvalue weighted by Crippen LogP contribution is -2.22. The molecule has 0 heterocycles. The van der Waals surface area contributed by atoms with Crippen molar-refractivity contribution in [2.75, 3.05) is 11.9 Å². The molecule has 2 rings (SSSR count). The molecule has 7 heteroatoms. The highest BCUT2D eigenvalue weighted by Crippen LogP contribution is 2.35. The summed E-state index contributed by atoms with van der Waals surface area (Å²) in [6.07, 6.45) is -4.55. The number of ether oxygens (including phenoxy) is 1. The zero-order valence-electron chi connectivity index (χ0n) is 14.6. The first-order valence-electron chi connectivity index (χ1n) is 7.98. The zero-order valence-corrected chi connectivity index (χ0v) is 15.3. The van der Waals surface area contributed by atoms with Crippen LogP contribution in [0.4, 0.5) is 18.9 Å². The summed E-state index contributed by atoms with van der Waals surface area (Å²) in [6, 6.07) is 8.29. The van der Waals surface area contributed by atoms with Gasteiger partial charge in [-0.2, -0.15) is 13.2 Å². The molecule has 0 aliphatic carbocycles. The van der Waals surface area contributed by atoms with Gasteiger partial charge < -0.3 is 10.1 Å². The van der Waals surface area contributed by atoms with Crippen LogP contribution in [0.15, 0.2) is 36.4 Å². The molecule has 0 bridgehead atoms. The molecule has 0 aliphatic rings. The molecule has 0 spiro atoms. The van der Waals surface area contributed by atoms with Crippen molar-refractivity contribution in [3.63, 3.8) is 0 Å². The highest BCUT2D eigenvalue weighted by Gasteiger charge is 2.33. The van der Waals surface area contributed by atoms with Gasteiger partial charge in [-0.25, -0.2) is 0 Å². The maximum absolute atomic E-state index is 13.0. The highest BCUT2D eigenvalue weighted by molar-refractivity contribution is 6.31. The lowest BCUT2D eigenvalue weighted by atomic mass is 10.0. The van der Waals surface area contributed by atoms with E-state index in [9.17, 15) is 18.0 Å². The van der Waals surface area contributed by atoms with Gasteiger partial charge in [-0.15, -0.1) is 0 Å². The van der Waals surface area contributed by atoms with E-state index in [2.05, 4.69) is 5.32 Å². The van der Waals surface area contributed by atoms with Crippen LogP contribution >= 0.6 is 11.6 Å². The number of amides is 1. The minimum absolute atomic E-state index is 0.108. The van der Waals surface area contributed by atoms with E-state index >= 15 is 0 Å². The lowest BCUT2D eigenvalue weighted by Gasteiger charge is -2.17. The van der Waals surface area contributed by atoms with E-state index in [1.165, 1.54) is 18.2 Å². The van der Waals surface area contributed by atoms with Crippen LogP contribution in [0.3, 0.4) is 0 Å². The SMILES string of the molecule is Cc1cc(OCC(=O)Nc2ccccc2C(F)(F)F)c(C(C)C)cc1Cl. The van der Waals surface area contributed by atoms with Gasteiger partial charge in [0.15, 0.2) is 6.61 Å². The Balaban J connectivity index is 2.13. The van der Waals surface area contributed by atoms with Crippen LogP contribution in [0.25, 0.3) is 0 Å². The molecule has 3 nitrogen and oxygen atoms in total. The lowest BCUT2D eigenvalue weighted by molar-refractivity contribution is -0.137. The normalized spacial score (nSPS) is 11.5. The van der Waals surface area contributed by atoms with Crippen molar-refractivity contribution >= 4 is 23.2 Å². The topological polar surface area (TPSA) is 38.3 Å². The molecule has 0 fully saturated rings. The number of hydrogen-bond acceptors (Lipinski definition) is 2. The Bertz CT molecular complexity index is 804. The standard InChI is InChI=1S/C19H19ClF3NO2/c1-11(2)13-9-15(20)12(3)8-17(13)26-10-18(25)24-16-7-5-4-6-14(16)19(21,22)23/h4-9,11H,10H2,1-3H3,(H,24,25). The van der Waals surface area contributed by atoms with Crippen molar-refractivity contribution in [1.29, 1.82) is 0 Å². The summed E-state index contributed by atoms with van der Waals surface area (Å²) < 4.78 is 44.5. The zero-order chi connectivity index (χ0) is 19.5. The number of aryl methyl sites for hydroxylation is 1. The summed E-state index contributed by atoms with van der Waals surface area (Å²) in [6.45, 7) is 5.30. The van der Waals surface area contributed by atoms with Crippen LogP contribution in [0.2, 0.25) is 5.02 Å². The number of carbonyl (C=O) groups excluding carboxylic acids is 1. The van der Waals surface area contributed by atoms with E-state index < -0.39 is 24.3 Å². The molecule has 26 heavy (non-hydrogen) atoms. The number of anilines is 1. The number of rotatable bonds is 5.